The molecule has 0 amide bonds. The average Bonchev–Trinajstić information content (AvgIpc) is 2.75. The van der Waals surface area contributed by atoms with Gasteiger partial charge < -0.3 is 5.32 Å². The van der Waals surface area contributed by atoms with Crippen molar-refractivity contribution in [1.82, 2.24) is 5.32 Å². The highest BCUT2D eigenvalue weighted by atomic mass is 32.1. The molecule has 0 saturated heterocycles. The Bertz CT molecular complexity index is 315. The molecule has 0 aliphatic heterocycles. The first-order valence-corrected chi connectivity index (χ1v) is 7.25. The maximum atomic E-state index is 3.73. The zero-order valence-electron chi connectivity index (χ0n) is 10.6. The molecule has 1 aromatic heterocycles. The minimum atomic E-state index is 0.541. The van der Waals surface area contributed by atoms with E-state index in [0.717, 1.165) is 18.5 Å². The van der Waals surface area contributed by atoms with Crippen molar-refractivity contribution in [2.24, 2.45) is 11.3 Å². The van der Waals surface area contributed by atoms with Crippen LogP contribution in [-0.4, -0.2) is 12.6 Å². The van der Waals surface area contributed by atoms with Crippen molar-refractivity contribution in [2.75, 3.05) is 6.54 Å². The van der Waals surface area contributed by atoms with E-state index in [4.69, 9.17) is 0 Å². The Morgan fingerprint density at radius 3 is 2.81 bits per heavy atom. The molecule has 2 atom stereocenters. The van der Waals surface area contributed by atoms with Gasteiger partial charge in [-0.1, -0.05) is 20.8 Å². The summed E-state index contributed by atoms with van der Waals surface area (Å²) >= 11 is 1.79. The second kappa shape index (κ2) is 4.89. The fraction of sp³-hybridized carbons (Fsp3) is 0.714. The Labute approximate surface area is 103 Å². The molecule has 2 heteroatoms. The third-order valence-electron chi connectivity index (χ3n) is 3.73. The lowest BCUT2D eigenvalue weighted by atomic mass is 9.91. The zero-order valence-corrected chi connectivity index (χ0v) is 11.4. The van der Waals surface area contributed by atoms with Gasteiger partial charge >= 0.3 is 0 Å². The zero-order chi connectivity index (χ0) is 11.6. The van der Waals surface area contributed by atoms with E-state index in [2.05, 4.69) is 42.9 Å². The minimum absolute atomic E-state index is 0.541. The highest BCUT2D eigenvalue weighted by molar-refractivity contribution is 7.07. The van der Waals surface area contributed by atoms with Crippen LogP contribution in [0.1, 0.15) is 39.2 Å². The fourth-order valence-electron chi connectivity index (χ4n) is 3.00. The smallest absolute Gasteiger partial charge is 0.00981 e. The molecular weight excluding hydrogens is 214 g/mol. The molecule has 2 rings (SSSR count). The van der Waals surface area contributed by atoms with Crippen LogP contribution in [0.25, 0.3) is 0 Å². The van der Waals surface area contributed by atoms with Crippen molar-refractivity contribution in [3.05, 3.63) is 22.4 Å². The second-order valence-corrected chi connectivity index (χ2v) is 6.77. The Hall–Kier alpha value is -0.340. The molecule has 1 heterocycles. The summed E-state index contributed by atoms with van der Waals surface area (Å²) in [5.41, 5.74) is 2.02. The molecular formula is C14H23NS. The van der Waals surface area contributed by atoms with E-state index < -0.39 is 0 Å². The number of nitrogens with one attached hydrogen (secondary N) is 1. The predicted molar refractivity (Wildman–Crippen MR) is 72.0 cm³/mol. The van der Waals surface area contributed by atoms with Crippen molar-refractivity contribution in [3.63, 3.8) is 0 Å². The molecule has 16 heavy (non-hydrogen) atoms. The van der Waals surface area contributed by atoms with E-state index in [-0.39, 0.29) is 0 Å². The first-order valence-electron chi connectivity index (χ1n) is 6.31. The Morgan fingerprint density at radius 1 is 1.44 bits per heavy atom. The molecule has 1 fully saturated rings. The standard InChI is InChI=1S/C14H23NS/c1-11-8-14(2,3)9-13(11)15-6-4-12-5-7-16-10-12/h5,7,10-11,13,15H,4,6,8-9H2,1-3H3. The maximum Gasteiger partial charge on any atom is 0.00981 e. The number of hydrogen-bond acceptors (Lipinski definition) is 2. The fourth-order valence-corrected chi connectivity index (χ4v) is 3.71. The quantitative estimate of drug-likeness (QED) is 0.842. The van der Waals surface area contributed by atoms with Crippen LogP contribution in [0.2, 0.25) is 0 Å². The van der Waals surface area contributed by atoms with Gasteiger partial charge in [0.1, 0.15) is 0 Å². The van der Waals surface area contributed by atoms with Crippen molar-refractivity contribution in [3.8, 4) is 0 Å². The predicted octanol–water partition coefficient (Wildman–Crippen LogP) is 3.70. The molecule has 0 aromatic carbocycles. The van der Waals surface area contributed by atoms with Crippen molar-refractivity contribution < 1.29 is 0 Å². The molecule has 2 unspecified atom stereocenters. The van der Waals surface area contributed by atoms with Crippen molar-refractivity contribution >= 4 is 11.3 Å². The van der Waals surface area contributed by atoms with Gasteiger partial charge in [0.25, 0.3) is 0 Å². The van der Waals surface area contributed by atoms with E-state index in [1.807, 2.05) is 0 Å². The number of thiophene rings is 1. The first kappa shape index (κ1) is 12.1. The van der Waals surface area contributed by atoms with Gasteiger partial charge in [0, 0.05) is 6.04 Å². The Morgan fingerprint density at radius 2 is 2.25 bits per heavy atom. The summed E-state index contributed by atoms with van der Waals surface area (Å²) in [6.07, 6.45) is 3.87. The van der Waals surface area contributed by atoms with Crippen LogP contribution in [0.5, 0.6) is 0 Å². The van der Waals surface area contributed by atoms with Gasteiger partial charge in [-0.05, 0) is 59.5 Å². The summed E-state index contributed by atoms with van der Waals surface area (Å²) < 4.78 is 0. The lowest BCUT2D eigenvalue weighted by Crippen LogP contribution is -2.33. The lowest BCUT2D eigenvalue weighted by molar-refractivity contribution is 0.362. The topological polar surface area (TPSA) is 12.0 Å². The molecule has 1 aromatic rings. The molecule has 1 aliphatic rings. The molecule has 0 radical (unpaired) electrons. The minimum Gasteiger partial charge on any atom is -0.313 e. The van der Waals surface area contributed by atoms with Crippen LogP contribution in [0.4, 0.5) is 0 Å². The summed E-state index contributed by atoms with van der Waals surface area (Å²) in [6.45, 7) is 8.30. The monoisotopic (exact) mass is 237 g/mol. The first-order chi connectivity index (χ1) is 7.57. The summed E-state index contributed by atoms with van der Waals surface area (Å²) in [5, 5.41) is 8.15. The van der Waals surface area contributed by atoms with Crippen LogP contribution in [0.3, 0.4) is 0 Å². The van der Waals surface area contributed by atoms with Crippen LogP contribution >= 0.6 is 11.3 Å². The molecule has 1 N–H and O–H groups in total. The van der Waals surface area contributed by atoms with Crippen LogP contribution in [0.15, 0.2) is 16.8 Å². The van der Waals surface area contributed by atoms with Crippen LogP contribution in [-0.2, 0) is 6.42 Å². The van der Waals surface area contributed by atoms with Crippen molar-refractivity contribution in [2.45, 2.75) is 46.1 Å². The normalized spacial score (nSPS) is 28.4. The molecule has 1 nitrogen and oxygen atoms in total. The van der Waals surface area contributed by atoms with E-state index in [1.54, 1.807) is 11.3 Å². The van der Waals surface area contributed by atoms with Gasteiger partial charge in [0.15, 0.2) is 0 Å². The SMILES string of the molecule is CC1CC(C)(C)CC1NCCc1ccsc1. The van der Waals surface area contributed by atoms with E-state index in [9.17, 15) is 0 Å². The van der Waals surface area contributed by atoms with Gasteiger partial charge in [0.05, 0.1) is 0 Å². The molecule has 0 spiro atoms. The third kappa shape index (κ3) is 3.08. The molecule has 0 bridgehead atoms. The maximum absolute atomic E-state index is 3.73. The van der Waals surface area contributed by atoms with Gasteiger partial charge in [-0.3, -0.25) is 0 Å². The summed E-state index contributed by atoms with van der Waals surface area (Å²) in [5.74, 6) is 0.831. The molecule has 1 saturated carbocycles. The van der Waals surface area contributed by atoms with Crippen molar-refractivity contribution in [1.29, 1.82) is 0 Å². The molecule has 90 valence electrons. The highest BCUT2D eigenvalue weighted by Crippen LogP contribution is 2.40. The molecule has 1 aliphatic carbocycles. The Kier molecular flexibility index (Phi) is 3.70. The van der Waals surface area contributed by atoms with Crippen LogP contribution in [0, 0.1) is 11.3 Å². The van der Waals surface area contributed by atoms with Gasteiger partial charge in [-0.25, -0.2) is 0 Å². The lowest BCUT2D eigenvalue weighted by Gasteiger charge is -2.18. The largest absolute Gasteiger partial charge is 0.313 e. The summed E-state index contributed by atoms with van der Waals surface area (Å²) in [7, 11) is 0. The van der Waals surface area contributed by atoms with Gasteiger partial charge in [-0.15, -0.1) is 0 Å². The van der Waals surface area contributed by atoms with Gasteiger partial charge in [-0.2, -0.15) is 11.3 Å². The summed E-state index contributed by atoms with van der Waals surface area (Å²) in [4.78, 5) is 0. The van der Waals surface area contributed by atoms with E-state index in [0.29, 0.717) is 5.41 Å². The second-order valence-electron chi connectivity index (χ2n) is 5.99. The van der Waals surface area contributed by atoms with Crippen LogP contribution < -0.4 is 5.32 Å². The van der Waals surface area contributed by atoms with E-state index in [1.165, 1.54) is 24.8 Å². The average molecular weight is 237 g/mol. The van der Waals surface area contributed by atoms with Gasteiger partial charge in [0.2, 0.25) is 0 Å². The summed E-state index contributed by atoms with van der Waals surface area (Å²) in [6, 6.07) is 2.96. The van der Waals surface area contributed by atoms with E-state index >= 15 is 0 Å². The Balaban J connectivity index is 1.74. The highest BCUT2D eigenvalue weighted by Gasteiger charge is 2.35. The third-order valence-corrected chi connectivity index (χ3v) is 4.47. The number of rotatable bonds is 4. The number of hydrogen-bond donors (Lipinski definition) is 1.